The van der Waals surface area contributed by atoms with Crippen LogP contribution in [-0.2, 0) is 22.4 Å². The Morgan fingerprint density at radius 1 is 1.14 bits per heavy atom. The third-order valence-electron chi connectivity index (χ3n) is 7.69. The van der Waals surface area contributed by atoms with Crippen molar-refractivity contribution in [1.82, 2.24) is 20.9 Å². The van der Waals surface area contributed by atoms with Gasteiger partial charge in [0.1, 0.15) is 24.2 Å². The van der Waals surface area contributed by atoms with Crippen LogP contribution in [0.5, 0.6) is 5.75 Å². The molecule has 0 fully saturated rings. The van der Waals surface area contributed by atoms with Crippen molar-refractivity contribution in [2.45, 2.75) is 83.1 Å². The van der Waals surface area contributed by atoms with Crippen LogP contribution in [0.4, 0.5) is 4.39 Å². The number of aliphatic hydroxyl groups is 2. The van der Waals surface area contributed by atoms with E-state index in [0.29, 0.717) is 17.9 Å². The number of para-hydroxylation sites is 1. The van der Waals surface area contributed by atoms with Crippen molar-refractivity contribution in [1.29, 1.82) is 0 Å². The number of benzene rings is 2. The Hall–Kier alpha value is -3.09. The molecule has 2 unspecified atom stereocenters. The molecule has 7 atom stereocenters. The molecule has 7 N–H and O–H groups in total. The van der Waals surface area contributed by atoms with Crippen LogP contribution >= 0.6 is 0 Å². The molecule has 2 aromatic carbocycles. The highest BCUT2D eigenvalue weighted by Crippen LogP contribution is 2.21. The molecule has 1 heterocycles. The highest BCUT2D eigenvalue weighted by atomic mass is 19.1. The van der Waals surface area contributed by atoms with E-state index in [0.717, 1.165) is 5.56 Å². The van der Waals surface area contributed by atoms with E-state index < -0.39 is 54.3 Å². The zero-order valence-electron chi connectivity index (χ0n) is 25.1. The summed E-state index contributed by atoms with van der Waals surface area (Å²) in [7, 11) is 1.49. The number of amides is 2. The number of nitrogens with two attached hydrogens (primary N) is 1. The first kappa shape index (κ1) is 33.4. The summed E-state index contributed by atoms with van der Waals surface area (Å²) in [6.07, 6.45) is -2.46. The minimum atomic E-state index is -1.22. The van der Waals surface area contributed by atoms with E-state index in [4.69, 9.17) is 10.5 Å². The maximum Gasteiger partial charge on any atom is 0.245 e. The molecule has 0 radical (unpaired) electrons. The summed E-state index contributed by atoms with van der Waals surface area (Å²) in [5, 5.41) is 31.0. The fourth-order valence-corrected chi connectivity index (χ4v) is 5.26. The molecule has 1 aliphatic rings. The van der Waals surface area contributed by atoms with E-state index in [-0.39, 0.29) is 31.3 Å². The van der Waals surface area contributed by atoms with Crippen LogP contribution in [0.3, 0.4) is 0 Å². The number of halogens is 1. The maximum atomic E-state index is 14.0. The molecule has 1 aliphatic heterocycles. The Morgan fingerprint density at radius 2 is 1.86 bits per heavy atom. The molecule has 232 valence electrons. The van der Waals surface area contributed by atoms with Gasteiger partial charge in [0.2, 0.25) is 11.8 Å². The number of fused-ring (bicyclic) bond motifs is 1. The van der Waals surface area contributed by atoms with Gasteiger partial charge in [0.25, 0.3) is 0 Å². The average Bonchev–Trinajstić information content (AvgIpc) is 2.92. The lowest BCUT2D eigenvalue weighted by Crippen LogP contribution is -2.64. The zero-order valence-corrected chi connectivity index (χ0v) is 25.1. The lowest BCUT2D eigenvalue weighted by atomic mass is 9.98. The first-order chi connectivity index (χ1) is 19.9. The van der Waals surface area contributed by atoms with Crippen molar-refractivity contribution in [3.8, 4) is 5.75 Å². The quantitative estimate of drug-likeness (QED) is 0.310. The number of nitrogens with zero attached hydrogens (tertiary/aromatic N) is 1. The number of nitrogens with one attached hydrogen (secondary N) is 3. The third kappa shape index (κ3) is 8.95. The summed E-state index contributed by atoms with van der Waals surface area (Å²) in [6.45, 7) is 7.65. The Morgan fingerprint density at radius 3 is 2.52 bits per heavy atom. The second-order valence-electron chi connectivity index (χ2n) is 11.5. The van der Waals surface area contributed by atoms with Crippen molar-refractivity contribution < 1.29 is 28.9 Å². The Kier molecular flexibility index (Phi) is 12.3. The van der Waals surface area contributed by atoms with Crippen LogP contribution in [0, 0.1) is 11.7 Å². The van der Waals surface area contributed by atoms with Crippen molar-refractivity contribution in [3.05, 3.63) is 65.5 Å². The van der Waals surface area contributed by atoms with E-state index in [9.17, 15) is 24.2 Å². The third-order valence-corrected chi connectivity index (χ3v) is 7.69. The SMILES string of the molecule is CC(C)[C@@H]1NCCOc2ccccc2C[C@H](O)[C@@H](C)NC(N)[C@@H](Cc2cccc(F)c2)NC(=O)[C@H](C(C)O)N(C)C1=O. The Balaban J connectivity index is 1.98. The van der Waals surface area contributed by atoms with Gasteiger partial charge in [-0.2, -0.15) is 0 Å². The van der Waals surface area contributed by atoms with Gasteiger partial charge >= 0.3 is 0 Å². The lowest BCUT2D eigenvalue weighted by molar-refractivity contribution is -0.145. The predicted octanol–water partition coefficient (Wildman–Crippen LogP) is 0.934. The Bertz CT molecular complexity index is 1180. The molecular formula is C31H46FN5O5. The molecule has 0 aliphatic carbocycles. The molecule has 0 bridgehead atoms. The second-order valence-corrected chi connectivity index (χ2v) is 11.5. The van der Waals surface area contributed by atoms with Crippen LogP contribution in [0.1, 0.15) is 38.8 Å². The van der Waals surface area contributed by atoms with E-state index >= 15 is 0 Å². The summed E-state index contributed by atoms with van der Waals surface area (Å²) < 4.78 is 20.0. The molecule has 0 aromatic heterocycles. The molecule has 2 aromatic rings. The number of hydrogen-bond acceptors (Lipinski definition) is 8. The van der Waals surface area contributed by atoms with E-state index in [1.807, 2.05) is 38.1 Å². The zero-order chi connectivity index (χ0) is 31.0. The number of likely N-dealkylation sites (N-methyl/N-ethyl adjacent to an activating group) is 1. The number of carbonyl (C=O) groups excluding carboxylic acids is 2. The van der Waals surface area contributed by atoms with Crippen LogP contribution in [0.25, 0.3) is 0 Å². The van der Waals surface area contributed by atoms with Gasteiger partial charge in [0, 0.05) is 26.1 Å². The highest BCUT2D eigenvalue weighted by Gasteiger charge is 2.37. The van der Waals surface area contributed by atoms with E-state index in [1.165, 1.54) is 31.0 Å². The average molecular weight is 588 g/mol. The van der Waals surface area contributed by atoms with Crippen LogP contribution in [-0.4, -0.2) is 89.7 Å². The fourth-order valence-electron chi connectivity index (χ4n) is 5.26. The van der Waals surface area contributed by atoms with E-state index in [2.05, 4.69) is 16.0 Å². The number of carbonyl (C=O) groups is 2. The highest BCUT2D eigenvalue weighted by molar-refractivity contribution is 5.90. The number of aliphatic hydroxyl groups excluding tert-OH is 2. The lowest BCUT2D eigenvalue weighted by Gasteiger charge is -2.36. The standard InChI is InChI=1S/C31H46FN5O5/c1-18(2)27-31(41)37(5)28(20(4)38)30(40)36-24(16-21-9-8-11-23(32)15-21)29(33)35-19(3)25(39)17-22-10-6-7-12-26(22)42-14-13-34-27/h6-12,15,18-20,24-25,27-29,34-35,38-39H,13-14,16-17,33H2,1-5H3,(H,36,40)/t19-,20?,24-,25+,27+,28+,29?/m1/s1. The number of ether oxygens (including phenoxy) is 1. The minimum absolute atomic E-state index is 0.120. The van der Waals surface area contributed by atoms with Crippen molar-refractivity contribution in [2.75, 3.05) is 20.2 Å². The first-order valence-corrected chi connectivity index (χ1v) is 14.5. The summed E-state index contributed by atoms with van der Waals surface area (Å²) in [6, 6.07) is 10.3. The summed E-state index contributed by atoms with van der Waals surface area (Å²) >= 11 is 0. The molecule has 10 nitrogen and oxygen atoms in total. The monoisotopic (exact) mass is 587 g/mol. The second kappa shape index (κ2) is 15.4. The Labute approximate surface area is 247 Å². The first-order valence-electron chi connectivity index (χ1n) is 14.5. The number of rotatable bonds is 4. The molecule has 11 heteroatoms. The van der Waals surface area contributed by atoms with Gasteiger partial charge in [-0.25, -0.2) is 4.39 Å². The summed E-state index contributed by atoms with van der Waals surface area (Å²) in [5.41, 5.74) is 7.97. The fraction of sp³-hybridized carbons (Fsp3) is 0.548. The van der Waals surface area contributed by atoms with Gasteiger partial charge in [0.15, 0.2) is 0 Å². The van der Waals surface area contributed by atoms with Gasteiger partial charge in [0.05, 0.1) is 30.5 Å². The molecular weight excluding hydrogens is 541 g/mol. The molecule has 42 heavy (non-hydrogen) atoms. The smallest absolute Gasteiger partial charge is 0.245 e. The van der Waals surface area contributed by atoms with E-state index in [1.54, 1.807) is 19.1 Å². The minimum Gasteiger partial charge on any atom is -0.492 e. The number of hydrogen-bond donors (Lipinski definition) is 6. The van der Waals surface area contributed by atoms with Gasteiger partial charge in [-0.1, -0.05) is 44.2 Å². The molecule has 0 saturated carbocycles. The normalized spacial score (nSPS) is 27.8. The van der Waals surface area contributed by atoms with Crippen LogP contribution in [0.2, 0.25) is 0 Å². The van der Waals surface area contributed by atoms with Crippen molar-refractivity contribution in [2.24, 2.45) is 11.7 Å². The van der Waals surface area contributed by atoms with Gasteiger partial charge in [-0.3, -0.25) is 14.9 Å². The van der Waals surface area contributed by atoms with Gasteiger partial charge in [-0.15, -0.1) is 0 Å². The summed E-state index contributed by atoms with van der Waals surface area (Å²) in [4.78, 5) is 28.5. The van der Waals surface area contributed by atoms with Gasteiger partial charge < -0.3 is 36.2 Å². The largest absolute Gasteiger partial charge is 0.492 e. The predicted molar refractivity (Wildman–Crippen MR) is 159 cm³/mol. The summed E-state index contributed by atoms with van der Waals surface area (Å²) in [5.74, 6) is -0.872. The molecule has 3 rings (SSSR count). The molecule has 0 spiro atoms. The molecule has 2 amide bonds. The topological polar surface area (TPSA) is 149 Å². The van der Waals surface area contributed by atoms with Crippen LogP contribution < -0.4 is 26.4 Å². The van der Waals surface area contributed by atoms with Crippen molar-refractivity contribution in [3.63, 3.8) is 0 Å². The van der Waals surface area contributed by atoms with Crippen molar-refractivity contribution >= 4 is 11.8 Å². The van der Waals surface area contributed by atoms with Gasteiger partial charge in [-0.05, 0) is 55.5 Å². The molecule has 0 saturated heterocycles. The van der Waals surface area contributed by atoms with Crippen LogP contribution in [0.15, 0.2) is 48.5 Å². The maximum absolute atomic E-state index is 14.0.